The molecule has 0 spiro atoms. The van der Waals surface area contributed by atoms with Crippen molar-refractivity contribution in [3.8, 4) is 0 Å². The van der Waals surface area contributed by atoms with Crippen LogP contribution in [0.5, 0.6) is 0 Å². The van der Waals surface area contributed by atoms with Crippen LogP contribution in [0.15, 0.2) is 0 Å². The minimum Gasteiger partial charge on any atom is -0.390 e. The molecule has 3 rings (SSSR count). The molecule has 1 N–H and O–H groups in total. The number of unbranched alkanes of at least 4 members (excludes halogenated alkanes) is 9. The fourth-order valence-corrected chi connectivity index (χ4v) is 6.34. The van der Waals surface area contributed by atoms with Crippen LogP contribution in [0.2, 0.25) is 0 Å². The Bertz CT molecular complexity index is 529. The van der Waals surface area contributed by atoms with Crippen LogP contribution in [-0.2, 0) is 14.3 Å². The van der Waals surface area contributed by atoms with E-state index in [9.17, 15) is 9.90 Å². The summed E-state index contributed by atoms with van der Waals surface area (Å²) < 4.78 is 12.0. The summed E-state index contributed by atoms with van der Waals surface area (Å²) in [6.45, 7) is 6.62. The van der Waals surface area contributed by atoms with Gasteiger partial charge in [0.25, 0.3) is 0 Å². The van der Waals surface area contributed by atoms with Gasteiger partial charge in [-0.05, 0) is 26.0 Å². The summed E-state index contributed by atoms with van der Waals surface area (Å²) in [6, 6.07) is -0.256. The Morgan fingerprint density at radius 2 is 1.66 bits per heavy atom. The van der Waals surface area contributed by atoms with Gasteiger partial charge in [-0.25, -0.2) is 0 Å². The van der Waals surface area contributed by atoms with Crippen molar-refractivity contribution in [1.29, 1.82) is 0 Å². The van der Waals surface area contributed by atoms with Gasteiger partial charge in [-0.15, -0.1) is 0 Å². The van der Waals surface area contributed by atoms with Gasteiger partial charge in [0.1, 0.15) is 12.2 Å². The van der Waals surface area contributed by atoms with Gasteiger partial charge in [0.2, 0.25) is 5.91 Å². The molecule has 6 heteroatoms. The van der Waals surface area contributed by atoms with E-state index in [2.05, 4.69) is 6.92 Å². The smallest absolute Gasteiger partial charge is 0.224 e. The van der Waals surface area contributed by atoms with Gasteiger partial charge in [0, 0.05) is 11.7 Å². The van der Waals surface area contributed by atoms with Crippen LogP contribution in [0.3, 0.4) is 0 Å². The SMILES string of the molecule is CCCCCCCCCCCCS[C@@H]1CC(=O)N2C[C@H]3OC(C)(C)O[C@H]3[C@H]2[C@@H]1O. The molecule has 5 nitrogen and oxygen atoms in total. The number of ether oxygens (including phenoxy) is 2. The zero-order valence-corrected chi connectivity index (χ0v) is 19.4. The van der Waals surface area contributed by atoms with E-state index in [1.807, 2.05) is 13.8 Å². The van der Waals surface area contributed by atoms with Crippen LogP contribution in [-0.4, -0.2) is 63.6 Å². The summed E-state index contributed by atoms with van der Waals surface area (Å²) in [5.41, 5.74) is 0. The largest absolute Gasteiger partial charge is 0.390 e. The molecule has 0 aromatic heterocycles. The molecule has 0 unspecified atom stereocenters. The molecule has 3 heterocycles. The lowest BCUT2D eigenvalue weighted by atomic mass is 9.96. The lowest BCUT2D eigenvalue weighted by Crippen LogP contribution is -2.57. The Hall–Kier alpha value is -0.300. The highest BCUT2D eigenvalue weighted by atomic mass is 32.2. The molecular formula is C23H41NO4S. The van der Waals surface area contributed by atoms with Gasteiger partial charge >= 0.3 is 0 Å². The van der Waals surface area contributed by atoms with Gasteiger partial charge < -0.3 is 19.5 Å². The van der Waals surface area contributed by atoms with Gasteiger partial charge in [-0.1, -0.05) is 64.7 Å². The maximum Gasteiger partial charge on any atom is 0.224 e. The van der Waals surface area contributed by atoms with Crippen molar-refractivity contribution in [3.05, 3.63) is 0 Å². The Morgan fingerprint density at radius 1 is 1.03 bits per heavy atom. The number of hydrogen-bond donors (Lipinski definition) is 1. The maximum absolute atomic E-state index is 12.6. The summed E-state index contributed by atoms with van der Waals surface area (Å²) in [6.07, 6.45) is 12.9. The first-order valence-corrected chi connectivity index (χ1v) is 12.9. The number of carbonyl (C=O) groups is 1. The van der Waals surface area contributed by atoms with Crippen LogP contribution in [0.1, 0.15) is 91.4 Å². The number of aliphatic hydroxyl groups is 1. The summed E-state index contributed by atoms with van der Waals surface area (Å²) in [5.74, 6) is 0.537. The minimum atomic E-state index is -0.625. The number of piperidine rings is 1. The highest BCUT2D eigenvalue weighted by molar-refractivity contribution is 7.99. The number of nitrogens with zero attached hydrogens (tertiary/aromatic N) is 1. The van der Waals surface area contributed by atoms with Gasteiger partial charge in [-0.2, -0.15) is 11.8 Å². The molecule has 0 aromatic rings. The molecule has 29 heavy (non-hydrogen) atoms. The predicted molar refractivity (Wildman–Crippen MR) is 118 cm³/mol. The van der Waals surface area contributed by atoms with E-state index in [0.29, 0.717) is 13.0 Å². The third kappa shape index (κ3) is 6.11. The number of amides is 1. The molecule has 168 valence electrons. The summed E-state index contributed by atoms with van der Waals surface area (Å²) in [4.78, 5) is 14.4. The highest BCUT2D eigenvalue weighted by Crippen LogP contribution is 2.42. The van der Waals surface area contributed by atoms with Crippen LogP contribution < -0.4 is 0 Å². The average Bonchev–Trinajstić information content (AvgIpc) is 3.15. The first-order valence-electron chi connectivity index (χ1n) is 11.9. The van der Waals surface area contributed by atoms with E-state index in [4.69, 9.17) is 9.47 Å². The van der Waals surface area contributed by atoms with Crippen molar-refractivity contribution in [2.45, 2.75) is 127 Å². The molecule has 3 aliphatic rings. The molecular weight excluding hydrogens is 386 g/mol. The maximum atomic E-state index is 12.6. The fourth-order valence-electron chi connectivity index (χ4n) is 5.05. The first-order chi connectivity index (χ1) is 13.9. The van der Waals surface area contributed by atoms with Crippen molar-refractivity contribution in [2.75, 3.05) is 12.3 Å². The second-order valence-corrected chi connectivity index (χ2v) is 10.8. The third-order valence-electron chi connectivity index (χ3n) is 6.55. The van der Waals surface area contributed by atoms with Crippen molar-refractivity contribution >= 4 is 17.7 Å². The predicted octanol–water partition coefficient (Wildman–Crippen LogP) is 4.50. The van der Waals surface area contributed by atoms with Crippen LogP contribution in [0, 0.1) is 0 Å². The van der Waals surface area contributed by atoms with E-state index in [1.54, 1.807) is 16.7 Å². The van der Waals surface area contributed by atoms with Crippen molar-refractivity contribution in [1.82, 2.24) is 4.90 Å². The lowest BCUT2D eigenvalue weighted by molar-refractivity contribution is -0.176. The Labute approximate surface area is 181 Å². The number of carbonyl (C=O) groups excluding carboxylic acids is 1. The number of fused-ring (bicyclic) bond motifs is 3. The third-order valence-corrected chi connectivity index (χ3v) is 7.95. The number of aliphatic hydroxyl groups excluding tert-OH is 1. The molecule has 0 aliphatic carbocycles. The van der Waals surface area contributed by atoms with Crippen molar-refractivity contribution in [3.63, 3.8) is 0 Å². The van der Waals surface area contributed by atoms with Crippen LogP contribution >= 0.6 is 11.8 Å². The molecule has 1 amide bonds. The number of rotatable bonds is 12. The molecule has 0 aromatic carbocycles. The van der Waals surface area contributed by atoms with Gasteiger partial charge in [-0.3, -0.25) is 4.79 Å². The van der Waals surface area contributed by atoms with E-state index < -0.39 is 11.9 Å². The van der Waals surface area contributed by atoms with E-state index in [0.717, 1.165) is 5.75 Å². The Kier molecular flexibility index (Phi) is 8.73. The summed E-state index contributed by atoms with van der Waals surface area (Å²) in [5, 5.41) is 11.0. The standard InChI is InChI=1S/C23H41NO4S/c1-4-5-6-7-8-9-10-11-12-13-14-29-18-15-19(25)24-16-17-22(20(24)21(18)26)28-23(2,3)27-17/h17-18,20-22,26H,4-16H2,1-3H3/t17-,18-,20-,21-,22-/m1/s1. The van der Waals surface area contributed by atoms with E-state index in [-0.39, 0.29) is 29.4 Å². The van der Waals surface area contributed by atoms with E-state index >= 15 is 0 Å². The molecule has 3 fully saturated rings. The van der Waals surface area contributed by atoms with Gasteiger partial charge in [0.15, 0.2) is 5.79 Å². The molecule has 3 aliphatic heterocycles. The van der Waals surface area contributed by atoms with Gasteiger partial charge in [0.05, 0.1) is 18.7 Å². The molecule has 0 radical (unpaired) electrons. The zero-order valence-electron chi connectivity index (χ0n) is 18.6. The normalized spacial score (nSPS) is 33.2. The summed E-state index contributed by atoms with van der Waals surface area (Å²) in [7, 11) is 0. The molecule has 3 saturated heterocycles. The average molecular weight is 428 g/mol. The molecule has 0 bridgehead atoms. The Balaban J connectivity index is 1.32. The van der Waals surface area contributed by atoms with Crippen LogP contribution in [0.25, 0.3) is 0 Å². The highest BCUT2D eigenvalue weighted by Gasteiger charge is 2.58. The first kappa shape index (κ1) is 23.4. The lowest BCUT2D eigenvalue weighted by Gasteiger charge is -2.40. The van der Waals surface area contributed by atoms with Crippen molar-refractivity contribution in [2.24, 2.45) is 0 Å². The van der Waals surface area contributed by atoms with Crippen LogP contribution in [0.4, 0.5) is 0 Å². The molecule has 0 saturated carbocycles. The zero-order chi connectivity index (χ0) is 20.9. The number of hydrogen-bond acceptors (Lipinski definition) is 5. The quantitative estimate of drug-likeness (QED) is 0.465. The second kappa shape index (κ2) is 10.8. The van der Waals surface area contributed by atoms with Crippen molar-refractivity contribution < 1.29 is 19.4 Å². The van der Waals surface area contributed by atoms with E-state index in [1.165, 1.54) is 64.2 Å². The number of thioether (sulfide) groups is 1. The monoisotopic (exact) mass is 427 g/mol. The molecule has 5 atom stereocenters. The second-order valence-electron chi connectivity index (χ2n) is 9.46. The fraction of sp³-hybridized carbons (Fsp3) is 0.957. The minimum absolute atomic E-state index is 0.0200. The topological polar surface area (TPSA) is 59.0 Å². The Morgan fingerprint density at radius 3 is 2.31 bits per heavy atom. The summed E-state index contributed by atoms with van der Waals surface area (Å²) >= 11 is 1.78.